The molecule has 27 heavy (non-hydrogen) atoms. The summed E-state index contributed by atoms with van der Waals surface area (Å²) in [4.78, 5) is 12.9. The van der Waals surface area contributed by atoms with Crippen LogP contribution in [0.4, 0.5) is 5.95 Å². The first-order chi connectivity index (χ1) is 13.1. The minimum atomic E-state index is -0.414. The van der Waals surface area contributed by atoms with Crippen LogP contribution in [0.15, 0.2) is 53.6 Å². The summed E-state index contributed by atoms with van der Waals surface area (Å²) in [6.45, 7) is 0.240. The van der Waals surface area contributed by atoms with E-state index in [0.29, 0.717) is 17.4 Å². The molecule has 0 spiro atoms. The number of amides is 1. The molecule has 1 heterocycles. The lowest BCUT2D eigenvalue weighted by molar-refractivity contribution is -0.122. The van der Waals surface area contributed by atoms with Crippen LogP contribution in [0.25, 0.3) is 0 Å². The molecule has 0 radical (unpaired) electrons. The number of hydrogen-bond acceptors (Lipinski definition) is 7. The molecule has 2 aromatic carbocycles. The number of anilines is 1. The third-order valence-electron chi connectivity index (χ3n) is 3.37. The van der Waals surface area contributed by atoms with Crippen LogP contribution in [0.2, 0.25) is 5.02 Å². The summed E-state index contributed by atoms with van der Waals surface area (Å²) >= 11 is 5.88. The van der Waals surface area contributed by atoms with E-state index in [9.17, 15) is 4.79 Å². The van der Waals surface area contributed by atoms with Gasteiger partial charge in [0.05, 0.1) is 6.21 Å². The van der Waals surface area contributed by atoms with Gasteiger partial charge in [-0.3, -0.25) is 4.79 Å². The van der Waals surface area contributed by atoms with Crippen LogP contribution in [0.1, 0.15) is 11.1 Å². The van der Waals surface area contributed by atoms with E-state index in [1.807, 2.05) is 36.4 Å². The molecule has 1 amide bonds. The molecule has 0 unspecified atom stereocenters. The number of carbonyl (C=O) groups is 1. The molecule has 0 atom stereocenters. The highest BCUT2D eigenvalue weighted by molar-refractivity contribution is 6.30. The number of ether oxygens (including phenoxy) is 1. The van der Waals surface area contributed by atoms with E-state index in [2.05, 4.69) is 25.9 Å². The van der Waals surface area contributed by atoms with Gasteiger partial charge in [0.25, 0.3) is 11.9 Å². The van der Waals surface area contributed by atoms with Crippen LogP contribution >= 0.6 is 11.6 Å². The van der Waals surface area contributed by atoms with Gasteiger partial charge in [-0.1, -0.05) is 41.0 Å². The van der Waals surface area contributed by atoms with Gasteiger partial charge in [0, 0.05) is 10.6 Å². The Labute approximate surface area is 159 Å². The van der Waals surface area contributed by atoms with E-state index in [4.69, 9.17) is 22.1 Å². The van der Waals surface area contributed by atoms with Gasteiger partial charge in [-0.25, -0.2) is 5.43 Å². The van der Waals surface area contributed by atoms with Crippen molar-refractivity contribution >= 4 is 29.7 Å². The molecule has 9 nitrogen and oxygen atoms in total. The Morgan fingerprint density at radius 2 is 2.04 bits per heavy atom. The van der Waals surface area contributed by atoms with Gasteiger partial charge in [0.15, 0.2) is 0 Å². The lowest BCUT2D eigenvalue weighted by Crippen LogP contribution is -2.24. The third-order valence-corrected chi connectivity index (χ3v) is 3.62. The fourth-order valence-corrected chi connectivity index (χ4v) is 2.25. The largest absolute Gasteiger partial charge is 0.488 e. The first-order valence-corrected chi connectivity index (χ1v) is 8.29. The number of halogens is 1. The van der Waals surface area contributed by atoms with Crippen LogP contribution in [0.5, 0.6) is 5.75 Å². The van der Waals surface area contributed by atoms with E-state index in [1.165, 1.54) is 6.21 Å². The second-order valence-corrected chi connectivity index (χ2v) is 5.86. The molecule has 0 saturated heterocycles. The van der Waals surface area contributed by atoms with Crippen molar-refractivity contribution in [1.29, 1.82) is 0 Å². The number of hydrazone groups is 1. The Bertz CT molecular complexity index is 940. The Morgan fingerprint density at radius 1 is 1.26 bits per heavy atom. The number of nitrogens with one attached hydrogen (secondary N) is 1. The van der Waals surface area contributed by atoms with Crippen molar-refractivity contribution in [3.8, 4) is 5.75 Å². The van der Waals surface area contributed by atoms with Crippen molar-refractivity contribution < 1.29 is 9.53 Å². The van der Waals surface area contributed by atoms with Crippen molar-refractivity contribution in [1.82, 2.24) is 25.6 Å². The van der Waals surface area contributed by atoms with Gasteiger partial charge in [0.2, 0.25) is 0 Å². The van der Waals surface area contributed by atoms with Crippen molar-refractivity contribution in [2.24, 2.45) is 5.10 Å². The van der Waals surface area contributed by atoms with Gasteiger partial charge >= 0.3 is 0 Å². The molecular formula is C17H16ClN7O2. The zero-order chi connectivity index (χ0) is 19.1. The zero-order valence-electron chi connectivity index (χ0n) is 14.1. The van der Waals surface area contributed by atoms with E-state index >= 15 is 0 Å². The van der Waals surface area contributed by atoms with Crippen molar-refractivity contribution in [2.45, 2.75) is 13.2 Å². The summed E-state index contributed by atoms with van der Waals surface area (Å²) in [6, 6.07) is 14.7. The van der Waals surface area contributed by atoms with Gasteiger partial charge in [-0.2, -0.15) is 9.90 Å². The van der Waals surface area contributed by atoms with Crippen LogP contribution in [-0.2, 0) is 17.9 Å². The van der Waals surface area contributed by atoms with E-state index < -0.39 is 5.91 Å². The average Bonchev–Trinajstić information content (AvgIpc) is 3.07. The lowest BCUT2D eigenvalue weighted by atomic mass is 10.2. The van der Waals surface area contributed by atoms with E-state index in [0.717, 1.165) is 15.9 Å². The Kier molecular flexibility index (Phi) is 5.95. The summed E-state index contributed by atoms with van der Waals surface area (Å²) < 4.78 is 5.83. The van der Waals surface area contributed by atoms with Gasteiger partial charge in [-0.15, -0.1) is 5.10 Å². The van der Waals surface area contributed by atoms with Gasteiger partial charge in [0.1, 0.15) is 18.9 Å². The third kappa shape index (κ3) is 5.51. The molecule has 3 N–H and O–H groups in total. The highest BCUT2D eigenvalue weighted by atomic mass is 35.5. The minimum absolute atomic E-state index is 0.00179. The summed E-state index contributed by atoms with van der Waals surface area (Å²) in [6.07, 6.45) is 1.50. The van der Waals surface area contributed by atoms with Crippen molar-refractivity contribution in [3.63, 3.8) is 0 Å². The first kappa shape index (κ1) is 18.3. The molecule has 3 aromatic rings. The Morgan fingerprint density at radius 3 is 2.78 bits per heavy atom. The van der Waals surface area contributed by atoms with Crippen molar-refractivity contribution in [2.75, 3.05) is 5.73 Å². The topological polar surface area (TPSA) is 120 Å². The molecule has 0 aliphatic rings. The maximum Gasteiger partial charge on any atom is 0.263 e. The fourth-order valence-electron chi connectivity index (χ4n) is 2.12. The summed E-state index contributed by atoms with van der Waals surface area (Å²) in [7, 11) is 0. The molecule has 3 rings (SSSR count). The van der Waals surface area contributed by atoms with Gasteiger partial charge < -0.3 is 10.5 Å². The van der Waals surface area contributed by atoms with E-state index in [-0.39, 0.29) is 12.5 Å². The van der Waals surface area contributed by atoms with E-state index in [1.54, 1.807) is 12.1 Å². The number of para-hydroxylation sites is 1. The molecule has 0 saturated carbocycles. The number of carbonyl (C=O) groups excluding carboxylic acids is 1. The Balaban J connectivity index is 1.57. The number of nitrogens with zero attached hydrogens (tertiary/aromatic N) is 5. The highest BCUT2D eigenvalue weighted by Gasteiger charge is 2.05. The SMILES string of the molecule is Nc1nnn(CC(=O)N/N=C/c2ccccc2OCc2ccc(Cl)cc2)n1. The van der Waals surface area contributed by atoms with Crippen LogP contribution in [-0.4, -0.2) is 32.3 Å². The summed E-state index contributed by atoms with van der Waals surface area (Å²) in [5, 5.41) is 15.4. The molecule has 0 aliphatic carbocycles. The van der Waals surface area contributed by atoms with Crippen LogP contribution in [0, 0.1) is 0 Å². The summed E-state index contributed by atoms with van der Waals surface area (Å²) in [5.74, 6) is 0.220. The average molecular weight is 386 g/mol. The number of hydrogen-bond donors (Lipinski definition) is 2. The predicted octanol–water partition coefficient (Wildman–Crippen LogP) is 1.64. The predicted molar refractivity (Wildman–Crippen MR) is 100 cm³/mol. The zero-order valence-corrected chi connectivity index (χ0v) is 14.9. The molecular weight excluding hydrogens is 370 g/mol. The van der Waals surface area contributed by atoms with Gasteiger partial charge in [-0.05, 0) is 35.0 Å². The molecule has 10 heteroatoms. The number of rotatable bonds is 7. The normalized spacial score (nSPS) is 10.9. The maximum atomic E-state index is 11.8. The first-order valence-electron chi connectivity index (χ1n) is 7.91. The molecule has 138 valence electrons. The number of tetrazole rings is 1. The maximum absolute atomic E-state index is 11.8. The molecule has 0 aliphatic heterocycles. The van der Waals surface area contributed by atoms with Crippen molar-refractivity contribution in [3.05, 3.63) is 64.7 Å². The van der Waals surface area contributed by atoms with Crippen LogP contribution < -0.4 is 15.9 Å². The standard InChI is InChI=1S/C17H16ClN7O2/c18-14-7-5-12(6-8-14)11-27-15-4-2-1-3-13(15)9-20-21-16(26)10-25-23-17(19)22-24-25/h1-9H,10-11H2,(H2,19,23)(H,21,26)/b20-9+. The number of nitrogen functional groups attached to an aromatic ring is 1. The molecule has 1 aromatic heterocycles. The summed E-state index contributed by atoms with van der Waals surface area (Å²) in [5.41, 5.74) is 9.43. The number of nitrogens with two attached hydrogens (primary N) is 1. The highest BCUT2D eigenvalue weighted by Crippen LogP contribution is 2.18. The monoisotopic (exact) mass is 385 g/mol. The fraction of sp³-hybridized carbons (Fsp3) is 0.118. The lowest BCUT2D eigenvalue weighted by Gasteiger charge is -2.09. The quantitative estimate of drug-likeness (QED) is 0.471. The second-order valence-electron chi connectivity index (χ2n) is 5.42. The minimum Gasteiger partial charge on any atom is -0.488 e. The molecule has 0 fully saturated rings. The number of aromatic nitrogens is 4. The Hall–Kier alpha value is -3.46. The number of benzene rings is 2. The van der Waals surface area contributed by atoms with Crippen LogP contribution in [0.3, 0.4) is 0 Å². The smallest absolute Gasteiger partial charge is 0.263 e. The molecule has 0 bridgehead atoms. The second kappa shape index (κ2) is 8.77.